The highest BCUT2D eigenvalue weighted by atomic mass is 16.4. The quantitative estimate of drug-likeness (QED) is 0.0855. The molecule has 5 atom stereocenters. The van der Waals surface area contributed by atoms with Crippen LogP contribution in [0.2, 0.25) is 0 Å². The summed E-state index contributed by atoms with van der Waals surface area (Å²) in [5, 5.41) is 19.9. The average molecular weight is 641 g/mol. The molecule has 0 aliphatic carbocycles. The van der Waals surface area contributed by atoms with Crippen LogP contribution in [0, 0.1) is 5.92 Å². The Labute approximate surface area is 271 Å². The van der Waals surface area contributed by atoms with Gasteiger partial charge in [-0.25, -0.2) is 9.78 Å². The number of rotatable bonds is 15. The summed E-state index contributed by atoms with van der Waals surface area (Å²) in [5.41, 5.74) is 10.1. The third kappa shape index (κ3) is 7.87. The van der Waals surface area contributed by atoms with Gasteiger partial charge in [-0.2, -0.15) is 0 Å². The number of carboxylic acids is 1. The molecular formula is C34H40N8O5. The SMILES string of the molecule is CCC(C)C(NC(=O)C(Cc1c[nH]c2ccccc12)NC(=O)C(Cc1c[nH]c2ccccc12)NC(=O)C(N)Cc1cnc[nH]1)C(=O)O. The van der Waals surface area contributed by atoms with Crippen LogP contribution in [0.15, 0.2) is 73.4 Å². The number of fused-ring (bicyclic) bond motifs is 2. The largest absolute Gasteiger partial charge is 0.480 e. The molecule has 9 N–H and O–H groups in total. The lowest BCUT2D eigenvalue weighted by molar-refractivity contribution is -0.143. The van der Waals surface area contributed by atoms with E-state index in [1.165, 1.54) is 6.33 Å². The van der Waals surface area contributed by atoms with Gasteiger partial charge in [0.15, 0.2) is 0 Å². The molecule has 0 saturated carbocycles. The number of benzene rings is 2. The van der Waals surface area contributed by atoms with E-state index in [2.05, 4.69) is 35.9 Å². The summed E-state index contributed by atoms with van der Waals surface area (Å²) in [6.45, 7) is 3.58. The van der Waals surface area contributed by atoms with Crippen molar-refractivity contribution in [2.45, 2.75) is 63.7 Å². The highest BCUT2D eigenvalue weighted by Crippen LogP contribution is 2.21. The lowest BCUT2D eigenvalue weighted by Crippen LogP contribution is -2.58. The highest BCUT2D eigenvalue weighted by molar-refractivity contribution is 5.95. The normalized spacial score (nSPS) is 14.6. The molecule has 0 aliphatic rings. The van der Waals surface area contributed by atoms with Crippen LogP contribution in [-0.4, -0.2) is 72.9 Å². The van der Waals surface area contributed by atoms with Crippen LogP contribution < -0.4 is 21.7 Å². The number of amides is 3. The number of nitrogens with one attached hydrogen (secondary N) is 6. The summed E-state index contributed by atoms with van der Waals surface area (Å²) in [5.74, 6) is -3.34. The van der Waals surface area contributed by atoms with E-state index in [-0.39, 0.29) is 25.2 Å². The smallest absolute Gasteiger partial charge is 0.326 e. The minimum atomic E-state index is -1.17. The predicted octanol–water partition coefficient (Wildman–Crippen LogP) is 2.31. The predicted molar refractivity (Wildman–Crippen MR) is 177 cm³/mol. The second kappa shape index (κ2) is 14.8. The Hall–Kier alpha value is -5.43. The van der Waals surface area contributed by atoms with Crippen LogP contribution in [-0.2, 0) is 38.4 Å². The number of aromatic amines is 3. The number of hydrogen-bond acceptors (Lipinski definition) is 6. The topological polar surface area (TPSA) is 211 Å². The van der Waals surface area contributed by atoms with Crippen molar-refractivity contribution in [1.82, 2.24) is 35.9 Å². The molecular weight excluding hydrogens is 600 g/mol. The van der Waals surface area contributed by atoms with Crippen molar-refractivity contribution in [3.63, 3.8) is 0 Å². The molecule has 5 aromatic rings. The minimum Gasteiger partial charge on any atom is -0.480 e. The van der Waals surface area contributed by atoms with E-state index < -0.39 is 47.9 Å². The molecule has 0 radical (unpaired) electrons. The monoisotopic (exact) mass is 640 g/mol. The van der Waals surface area contributed by atoms with Crippen LogP contribution >= 0.6 is 0 Å². The lowest BCUT2D eigenvalue weighted by atomic mass is 9.97. The van der Waals surface area contributed by atoms with Crippen molar-refractivity contribution >= 4 is 45.5 Å². The van der Waals surface area contributed by atoms with E-state index >= 15 is 0 Å². The molecule has 3 aromatic heterocycles. The highest BCUT2D eigenvalue weighted by Gasteiger charge is 2.33. The Kier molecular flexibility index (Phi) is 10.4. The molecule has 47 heavy (non-hydrogen) atoms. The first-order chi connectivity index (χ1) is 22.6. The fourth-order valence-electron chi connectivity index (χ4n) is 5.67. The Bertz CT molecular complexity index is 1850. The first-order valence-corrected chi connectivity index (χ1v) is 15.6. The summed E-state index contributed by atoms with van der Waals surface area (Å²) in [7, 11) is 0. The zero-order valence-corrected chi connectivity index (χ0v) is 26.2. The fourth-order valence-corrected chi connectivity index (χ4v) is 5.67. The van der Waals surface area contributed by atoms with Gasteiger partial charge in [-0.15, -0.1) is 0 Å². The number of nitrogens with zero attached hydrogens (tertiary/aromatic N) is 1. The maximum absolute atomic E-state index is 14.1. The van der Waals surface area contributed by atoms with Gasteiger partial charge in [0.1, 0.15) is 18.1 Å². The maximum Gasteiger partial charge on any atom is 0.326 e. The van der Waals surface area contributed by atoms with Gasteiger partial charge in [0.2, 0.25) is 17.7 Å². The molecule has 2 aromatic carbocycles. The van der Waals surface area contributed by atoms with Crippen LogP contribution in [0.1, 0.15) is 37.1 Å². The molecule has 3 amide bonds. The van der Waals surface area contributed by atoms with E-state index in [4.69, 9.17) is 5.73 Å². The first-order valence-electron chi connectivity index (χ1n) is 15.6. The Morgan fingerprint density at radius 3 is 1.83 bits per heavy atom. The van der Waals surface area contributed by atoms with Crippen molar-refractivity contribution in [2.24, 2.45) is 11.7 Å². The van der Waals surface area contributed by atoms with Crippen molar-refractivity contribution in [3.8, 4) is 0 Å². The van der Waals surface area contributed by atoms with Gasteiger partial charge in [-0.05, 0) is 29.2 Å². The maximum atomic E-state index is 14.1. The van der Waals surface area contributed by atoms with Crippen molar-refractivity contribution in [3.05, 3.63) is 90.3 Å². The number of carboxylic acid groups (broad SMARTS) is 1. The molecule has 3 heterocycles. The fraction of sp³-hybridized carbons (Fsp3) is 0.324. The molecule has 13 nitrogen and oxygen atoms in total. The van der Waals surface area contributed by atoms with Crippen LogP contribution in [0.25, 0.3) is 21.8 Å². The van der Waals surface area contributed by atoms with Gasteiger partial charge >= 0.3 is 5.97 Å². The Balaban J connectivity index is 1.43. The van der Waals surface area contributed by atoms with Gasteiger partial charge in [0, 0.05) is 65.4 Å². The first kappa shape index (κ1) is 32.9. The van der Waals surface area contributed by atoms with Crippen LogP contribution in [0.4, 0.5) is 0 Å². The lowest BCUT2D eigenvalue weighted by Gasteiger charge is -2.26. The number of para-hydroxylation sites is 2. The van der Waals surface area contributed by atoms with E-state index in [9.17, 15) is 24.3 Å². The number of H-pyrrole nitrogens is 3. The van der Waals surface area contributed by atoms with Crippen LogP contribution in [0.3, 0.4) is 0 Å². The van der Waals surface area contributed by atoms with Gasteiger partial charge in [0.25, 0.3) is 0 Å². The van der Waals surface area contributed by atoms with E-state index in [1.54, 1.807) is 25.5 Å². The van der Waals surface area contributed by atoms with Crippen LogP contribution in [0.5, 0.6) is 0 Å². The second-order valence-corrected chi connectivity index (χ2v) is 11.8. The molecule has 0 aliphatic heterocycles. The van der Waals surface area contributed by atoms with Gasteiger partial charge in [-0.3, -0.25) is 14.4 Å². The summed E-state index contributed by atoms with van der Waals surface area (Å²) >= 11 is 0. The minimum absolute atomic E-state index is 0.0710. The number of aliphatic carboxylic acids is 1. The summed E-state index contributed by atoms with van der Waals surface area (Å²) in [6, 6.07) is 10.7. The zero-order chi connectivity index (χ0) is 33.5. The molecule has 246 valence electrons. The molecule has 5 unspecified atom stereocenters. The molecule has 5 rings (SSSR count). The second-order valence-electron chi connectivity index (χ2n) is 11.8. The van der Waals surface area contributed by atoms with E-state index in [0.717, 1.165) is 32.9 Å². The average Bonchev–Trinajstić information content (AvgIpc) is 3.83. The number of nitrogens with two attached hydrogens (primary N) is 1. The van der Waals surface area contributed by atoms with E-state index in [0.29, 0.717) is 12.1 Å². The third-order valence-corrected chi connectivity index (χ3v) is 8.57. The van der Waals surface area contributed by atoms with Crippen molar-refractivity contribution < 1.29 is 24.3 Å². The number of imidazole rings is 1. The number of carbonyl (C=O) groups excluding carboxylic acids is 3. The van der Waals surface area contributed by atoms with Crippen molar-refractivity contribution in [1.29, 1.82) is 0 Å². The molecule has 0 fully saturated rings. The van der Waals surface area contributed by atoms with E-state index in [1.807, 2.05) is 55.5 Å². The molecule has 13 heteroatoms. The van der Waals surface area contributed by atoms with Crippen molar-refractivity contribution in [2.75, 3.05) is 0 Å². The van der Waals surface area contributed by atoms with Gasteiger partial charge < -0.3 is 41.7 Å². The zero-order valence-electron chi connectivity index (χ0n) is 26.2. The molecule has 0 bridgehead atoms. The number of aromatic nitrogens is 4. The standard InChI is InChI=1S/C34H40N8O5/c1-3-19(2)30(34(46)47)42-33(45)29(13-21-16-38-27-11-7-5-9-24(21)27)41-32(44)28(12-20-15-37-26-10-6-4-8-23(20)26)40-31(43)25(35)14-22-17-36-18-39-22/h4-11,15-19,25,28-30,37-38H,3,12-14,35H2,1-2H3,(H,36,39)(H,40,43)(H,41,44)(H,42,45)(H,46,47). The van der Waals surface area contributed by atoms with Gasteiger partial charge in [0.05, 0.1) is 12.4 Å². The molecule has 0 saturated heterocycles. The Morgan fingerprint density at radius 1 is 0.787 bits per heavy atom. The summed E-state index contributed by atoms with van der Waals surface area (Å²) in [6.07, 6.45) is 7.47. The third-order valence-electron chi connectivity index (χ3n) is 8.57. The number of hydrogen-bond donors (Lipinski definition) is 8. The Morgan fingerprint density at radius 2 is 1.32 bits per heavy atom. The summed E-state index contributed by atoms with van der Waals surface area (Å²) in [4.78, 5) is 66.5. The number of carbonyl (C=O) groups is 4. The summed E-state index contributed by atoms with van der Waals surface area (Å²) < 4.78 is 0. The molecule has 0 spiro atoms. The van der Waals surface area contributed by atoms with Gasteiger partial charge in [-0.1, -0.05) is 56.7 Å².